The second kappa shape index (κ2) is 5.27. The number of Topliss-reactive ketones (excluding diaryl/α,β-unsaturated/α-hetero) is 1. The standard InChI is InChI=1S/C21H20N2O2/c24-18-10-11-19-21(15-8-4-5-9-16(15)22-20(21)25)12-17(18)23(19)13-14-6-2-1-3-7-14/h1-9,17,19H,10-13H2,(H,22,25)/t17?,19?,21-/m1/s1. The highest BCUT2D eigenvalue weighted by molar-refractivity contribution is 6.08. The largest absolute Gasteiger partial charge is 0.325 e. The Morgan fingerprint density at radius 2 is 1.80 bits per heavy atom. The minimum Gasteiger partial charge on any atom is -0.325 e. The number of hydrogen-bond donors (Lipinski definition) is 1. The number of ketones is 1. The van der Waals surface area contributed by atoms with E-state index in [1.165, 1.54) is 5.56 Å². The number of carbonyl (C=O) groups is 2. The normalized spacial score (nSPS) is 30.6. The topological polar surface area (TPSA) is 49.4 Å². The molecule has 2 bridgehead atoms. The van der Waals surface area contributed by atoms with Crippen molar-refractivity contribution in [3.8, 4) is 0 Å². The van der Waals surface area contributed by atoms with Crippen LogP contribution in [0.1, 0.15) is 30.4 Å². The maximum Gasteiger partial charge on any atom is 0.236 e. The van der Waals surface area contributed by atoms with Crippen LogP contribution >= 0.6 is 0 Å². The second-order valence-electron chi connectivity index (χ2n) is 7.37. The van der Waals surface area contributed by atoms with E-state index in [-0.39, 0.29) is 23.8 Å². The van der Waals surface area contributed by atoms with Crippen LogP contribution < -0.4 is 5.32 Å². The first-order valence-corrected chi connectivity index (χ1v) is 8.93. The van der Waals surface area contributed by atoms with E-state index < -0.39 is 5.41 Å². The lowest BCUT2D eigenvalue weighted by Gasteiger charge is -2.37. The Labute approximate surface area is 146 Å². The van der Waals surface area contributed by atoms with E-state index in [0.717, 1.165) is 24.2 Å². The van der Waals surface area contributed by atoms with Gasteiger partial charge in [-0.2, -0.15) is 0 Å². The molecule has 2 unspecified atom stereocenters. The molecule has 0 aliphatic carbocycles. The zero-order chi connectivity index (χ0) is 17.0. The van der Waals surface area contributed by atoms with Crippen molar-refractivity contribution in [1.29, 1.82) is 0 Å². The summed E-state index contributed by atoms with van der Waals surface area (Å²) >= 11 is 0. The molecule has 3 aliphatic rings. The average molecular weight is 332 g/mol. The van der Waals surface area contributed by atoms with E-state index in [0.29, 0.717) is 12.8 Å². The molecule has 3 atom stereocenters. The number of piperidine rings is 1. The van der Waals surface area contributed by atoms with E-state index in [9.17, 15) is 9.59 Å². The summed E-state index contributed by atoms with van der Waals surface area (Å²) in [6.45, 7) is 0.721. The Morgan fingerprint density at radius 1 is 1.04 bits per heavy atom. The number of anilines is 1. The third-order valence-corrected chi connectivity index (χ3v) is 6.19. The highest BCUT2D eigenvalue weighted by Gasteiger charge is 2.63. The molecule has 3 aliphatic heterocycles. The molecule has 3 heterocycles. The molecular formula is C21H20N2O2. The molecule has 2 fully saturated rings. The lowest BCUT2D eigenvalue weighted by Crippen LogP contribution is -2.50. The molecule has 1 spiro atoms. The molecule has 126 valence electrons. The van der Waals surface area contributed by atoms with Crippen molar-refractivity contribution in [2.45, 2.75) is 43.3 Å². The Bertz CT molecular complexity index is 863. The zero-order valence-corrected chi connectivity index (χ0v) is 13.9. The van der Waals surface area contributed by atoms with Crippen LogP contribution in [-0.2, 0) is 21.5 Å². The highest BCUT2D eigenvalue weighted by Crippen LogP contribution is 2.54. The van der Waals surface area contributed by atoms with E-state index >= 15 is 0 Å². The van der Waals surface area contributed by atoms with Gasteiger partial charge in [0.05, 0.1) is 11.5 Å². The maximum atomic E-state index is 13.1. The number of benzene rings is 2. The van der Waals surface area contributed by atoms with Crippen LogP contribution in [0.15, 0.2) is 54.6 Å². The van der Waals surface area contributed by atoms with Crippen molar-refractivity contribution < 1.29 is 9.59 Å². The predicted octanol–water partition coefficient (Wildman–Crippen LogP) is 2.88. The fourth-order valence-electron chi connectivity index (χ4n) is 5.10. The molecule has 25 heavy (non-hydrogen) atoms. The summed E-state index contributed by atoms with van der Waals surface area (Å²) in [7, 11) is 0. The number of nitrogens with zero attached hydrogens (tertiary/aromatic N) is 1. The van der Waals surface area contributed by atoms with E-state index in [4.69, 9.17) is 0 Å². The molecule has 2 aromatic rings. The first-order chi connectivity index (χ1) is 12.2. The Hall–Kier alpha value is -2.46. The van der Waals surface area contributed by atoms with Gasteiger partial charge in [0.25, 0.3) is 0 Å². The summed E-state index contributed by atoms with van der Waals surface area (Å²) in [6, 6.07) is 18.1. The Balaban J connectivity index is 1.60. The van der Waals surface area contributed by atoms with Gasteiger partial charge < -0.3 is 5.32 Å². The zero-order valence-electron chi connectivity index (χ0n) is 13.9. The molecule has 4 heteroatoms. The van der Waals surface area contributed by atoms with Crippen LogP contribution in [0.2, 0.25) is 0 Å². The monoisotopic (exact) mass is 332 g/mol. The van der Waals surface area contributed by atoms with Gasteiger partial charge in [0.1, 0.15) is 5.78 Å². The quantitative estimate of drug-likeness (QED) is 0.920. The maximum absolute atomic E-state index is 13.1. The van der Waals surface area contributed by atoms with Gasteiger partial charge in [0.15, 0.2) is 0 Å². The van der Waals surface area contributed by atoms with E-state index in [2.05, 4.69) is 28.4 Å². The van der Waals surface area contributed by atoms with Gasteiger partial charge in [0.2, 0.25) is 5.91 Å². The second-order valence-corrected chi connectivity index (χ2v) is 7.37. The van der Waals surface area contributed by atoms with Gasteiger partial charge in [-0.15, -0.1) is 0 Å². The molecule has 1 amide bonds. The smallest absolute Gasteiger partial charge is 0.236 e. The summed E-state index contributed by atoms with van der Waals surface area (Å²) in [4.78, 5) is 28.0. The third-order valence-electron chi connectivity index (χ3n) is 6.19. The summed E-state index contributed by atoms with van der Waals surface area (Å²) in [5, 5.41) is 3.07. The molecule has 5 rings (SSSR count). The van der Waals surface area contributed by atoms with Crippen LogP contribution in [0, 0.1) is 0 Å². The summed E-state index contributed by atoms with van der Waals surface area (Å²) in [5.41, 5.74) is 2.59. The highest BCUT2D eigenvalue weighted by atomic mass is 16.2. The van der Waals surface area contributed by atoms with Gasteiger partial charge in [-0.05, 0) is 30.0 Å². The number of nitrogens with one attached hydrogen (secondary N) is 1. The first-order valence-electron chi connectivity index (χ1n) is 8.93. The summed E-state index contributed by atoms with van der Waals surface area (Å²) in [6.07, 6.45) is 1.94. The molecule has 0 aromatic heterocycles. The van der Waals surface area contributed by atoms with Crippen molar-refractivity contribution in [1.82, 2.24) is 4.90 Å². The third kappa shape index (κ3) is 1.97. The summed E-state index contributed by atoms with van der Waals surface area (Å²) in [5.74, 6) is 0.343. The molecular weight excluding hydrogens is 312 g/mol. The lowest BCUT2D eigenvalue weighted by atomic mass is 9.74. The van der Waals surface area contributed by atoms with Gasteiger partial charge in [0, 0.05) is 24.7 Å². The van der Waals surface area contributed by atoms with Gasteiger partial charge in [-0.1, -0.05) is 48.5 Å². The fraction of sp³-hybridized carbons (Fsp3) is 0.333. The van der Waals surface area contributed by atoms with Crippen LogP contribution in [0.5, 0.6) is 0 Å². The van der Waals surface area contributed by atoms with Crippen molar-refractivity contribution in [3.05, 3.63) is 65.7 Å². The van der Waals surface area contributed by atoms with E-state index in [1.54, 1.807) is 0 Å². The lowest BCUT2D eigenvalue weighted by molar-refractivity contribution is -0.127. The molecule has 0 radical (unpaired) electrons. The molecule has 4 nitrogen and oxygen atoms in total. The van der Waals surface area contributed by atoms with Crippen LogP contribution in [0.4, 0.5) is 5.69 Å². The Kier molecular flexibility index (Phi) is 3.13. The van der Waals surface area contributed by atoms with Crippen LogP contribution in [-0.4, -0.2) is 28.7 Å². The van der Waals surface area contributed by atoms with Gasteiger partial charge in [-0.25, -0.2) is 0 Å². The van der Waals surface area contributed by atoms with E-state index in [1.807, 2.05) is 36.4 Å². The SMILES string of the molecule is O=C1CCC2N(Cc3ccccc3)C1C[C@]21C(=O)Nc2ccccc21. The molecule has 2 aromatic carbocycles. The number of hydrogen-bond acceptors (Lipinski definition) is 3. The van der Waals surface area contributed by atoms with Crippen molar-refractivity contribution in [2.75, 3.05) is 5.32 Å². The number of fused-ring (bicyclic) bond motifs is 5. The number of carbonyl (C=O) groups excluding carboxylic acids is 2. The number of para-hydroxylation sites is 1. The molecule has 1 N–H and O–H groups in total. The Morgan fingerprint density at radius 3 is 2.64 bits per heavy atom. The predicted molar refractivity (Wildman–Crippen MR) is 95.2 cm³/mol. The van der Waals surface area contributed by atoms with Crippen LogP contribution in [0.25, 0.3) is 0 Å². The number of amides is 1. The number of rotatable bonds is 2. The van der Waals surface area contributed by atoms with Crippen molar-refractivity contribution in [3.63, 3.8) is 0 Å². The van der Waals surface area contributed by atoms with Crippen LogP contribution in [0.3, 0.4) is 0 Å². The van der Waals surface area contributed by atoms with Crippen molar-refractivity contribution in [2.24, 2.45) is 0 Å². The van der Waals surface area contributed by atoms with Gasteiger partial charge >= 0.3 is 0 Å². The minimum atomic E-state index is -0.581. The summed E-state index contributed by atoms with van der Waals surface area (Å²) < 4.78 is 0. The van der Waals surface area contributed by atoms with Gasteiger partial charge in [-0.3, -0.25) is 14.5 Å². The fourth-order valence-corrected chi connectivity index (χ4v) is 5.10. The minimum absolute atomic E-state index is 0.0639. The first kappa shape index (κ1) is 14.8. The molecule has 2 saturated heterocycles. The van der Waals surface area contributed by atoms with Crippen molar-refractivity contribution >= 4 is 17.4 Å². The molecule has 0 saturated carbocycles. The average Bonchev–Trinajstić information content (AvgIpc) is 3.04.